The summed E-state index contributed by atoms with van der Waals surface area (Å²) < 4.78 is 5.99. The number of methoxy groups -OCH3 is 1. The molecular formula is C16H21BrO2. The zero-order valence-corrected chi connectivity index (χ0v) is 13.4. The molecule has 19 heavy (non-hydrogen) atoms. The molecule has 0 aromatic heterocycles. The Bertz CT molecular complexity index is 470. The Labute approximate surface area is 123 Å². The molecule has 1 saturated carbocycles. The highest BCUT2D eigenvalue weighted by Gasteiger charge is 2.44. The molecule has 0 aliphatic heterocycles. The van der Waals surface area contributed by atoms with Crippen molar-refractivity contribution in [3.05, 3.63) is 33.8 Å². The molecule has 0 bridgehead atoms. The van der Waals surface area contributed by atoms with E-state index in [1.54, 1.807) is 0 Å². The zero-order valence-electron chi connectivity index (χ0n) is 11.8. The quantitative estimate of drug-likeness (QED) is 0.754. The van der Waals surface area contributed by atoms with Crippen LogP contribution in [-0.4, -0.2) is 13.1 Å². The molecule has 104 valence electrons. The second-order valence-electron chi connectivity index (χ2n) is 5.47. The van der Waals surface area contributed by atoms with Crippen molar-refractivity contribution in [3.8, 4) is 0 Å². The highest BCUT2D eigenvalue weighted by Crippen LogP contribution is 2.45. The third-order valence-electron chi connectivity index (χ3n) is 4.11. The van der Waals surface area contributed by atoms with E-state index in [1.807, 2.05) is 0 Å². The minimum Gasteiger partial charge on any atom is -0.469 e. The number of halogens is 1. The molecule has 2 nitrogen and oxygen atoms in total. The van der Waals surface area contributed by atoms with Crippen LogP contribution in [0.4, 0.5) is 0 Å². The van der Waals surface area contributed by atoms with Gasteiger partial charge in [-0.05, 0) is 48.3 Å². The first-order valence-corrected chi connectivity index (χ1v) is 7.72. The molecule has 0 heterocycles. The van der Waals surface area contributed by atoms with Gasteiger partial charge in [-0.1, -0.05) is 41.9 Å². The van der Waals surface area contributed by atoms with Crippen LogP contribution in [0.5, 0.6) is 0 Å². The number of hydrogen-bond donors (Lipinski definition) is 0. The van der Waals surface area contributed by atoms with Crippen molar-refractivity contribution in [2.75, 3.05) is 7.11 Å². The summed E-state index contributed by atoms with van der Waals surface area (Å²) in [6.07, 6.45) is 3.10. The number of aryl methyl sites for hydroxylation is 1. The van der Waals surface area contributed by atoms with Gasteiger partial charge in [-0.3, -0.25) is 4.79 Å². The van der Waals surface area contributed by atoms with Crippen molar-refractivity contribution in [2.45, 2.75) is 39.0 Å². The van der Waals surface area contributed by atoms with Crippen molar-refractivity contribution in [2.24, 2.45) is 11.8 Å². The molecular weight excluding hydrogens is 304 g/mol. The second kappa shape index (κ2) is 6.08. The van der Waals surface area contributed by atoms with Crippen LogP contribution < -0.4 is 0 Å². The van der Waals surface area contributed by atoms with Gasteiger partial charge in [0.1, 0.15) is 0 Å². The van der Waals surface area contributed by atoms with E-state index in [0.717, 1.165) is 19.3 Å². The van der Waals surface area contributed by atoms with E-state index in [-0.39, 0.29) is 11.9 Å². The van der Waals surface area contributed by atoms with Crippen molar-refractivity contribution in [3.63, 3.8) is 0 Å². The lowest BCUT2D eigenvalue weighted by atomic mass is 9.94. The van der Waals surface area contributed by atoms with E-state index in [0.29, 0.717) is 11.8 Å². The Morgan fingerprint density at radius 1 is 1.53 bits per heavy atom. The maximum absolute atomic E-state index is 11.4. The molecule has 3 atom stereocenters. The summed E-state index contributed by atoms with van der Waals surface area (Å²) in [7, 11) is 1.47. The molecule has 1 aromatic rings. The molecule has 0 saturated heterocycles. The third kappa shape index (κ3) is 3.38. The van der Waals surface area contributed by atoms with Crippen LogP contribution in [0.15, 0.2) is 22.7 Å². The largest absolute Gasteiger partial charge is 0.469 e. The highest BCUT2D eigenvalue weighted by atomic mass is 79.9. The summed E-state index contributed by atoms with van der Waals surface area (Å²) >= 11 is 3.63. The van der Waals surface area contributed by atoms with Crippen LogP contribution in [-0.2, 0) is 16.0 Å². The summed E-state index contributed by atoms with van der Waals surface area (Å²) in [5.41, 5.74) is 2.69. The Morgan fingerprint density at radius 3 is 2.84 bits per heavy atom. The molecule has 0 amide bonds. The lowest BCUT2D eigenvalue weighted by Gasteiger charge is -2.13. The minimum atomic E-state index is -0.0419. The van der Waals surface area contributed by atoms with Gasteiger partial charge in [0.15, 0.2) is 0 Å². The van der Waals surface area contributed by atoms with Gasteiger partial charge in [-0.2, -0.15) is 0 Å². The van der Waals surface area contributed by atoms with Gasteiger partial charge in [0.25, 0.3) is 0 Å². The maximum atomic E-state index is 11.4. The van der Waals surface area contributed by atoms with Crippen LogP contribution in [0, 0.1) is 11.8 Å². The zero-order chi connectivity index (χ0) is 14.0. The number of carbonyl (C=O) groups excluding carboxylic acids is 1. The van der Waals surface area contributed by atoms with Gasteiger partial charge in [0.2, 0.25) is 0 Å². The van der Waals surface area contributed by atoms with Crippen molar-refractivity contribution >= 4 is 21.9 Å². The Morgan fingerprint density at radius 2 is 2.26 bits per heavy atom. The number of hydrogen-bond acceptors (Lipinski definition) is 2. The average Bonchev–Trinajstić information content (AvgIpc) is 3.16. The van der Waals surface area contributed by atoms with Crippen LogP contribution in [0.25, 0.3) is 0 Å². The molecule has 1 aromatic carbocycles. The van der Waals surface area contributed by atoms with E-state index in [2.05, 4.69) is 48.0 Å². The molecule has 1 fully saturated rings. The number of rotatable bonds is 5. The first kappa shape index (κ1) is 14.6. The van der Waals surface area contributed by atoms with Crippen molar-refractivity contribution < 1.29 is 9.53 Å². The van der Waals surface area contributed by atoms with E-state index in [1.165, 1.54) is 22.7 Å². The number of ether oxygens (including phenoxy) is 1. The van der Waals surface area contributed by atoms with Crippen LogP contribution in [0.3, 0.4) is 0 Å². The molecule has 0 N–H and O–H groups in total. The first-order valence-electron chi connectivity index (χ1n) is 6.93. The van der Waals surface area contributed by atoms with E-state index in [4.69, 9.17) is 4.74 Å². The second-order valence-corrected chi connectivity index (χ2v) is 6.32. The normalized spacial score (nSPS) is 22.9. The first-order chi connectivity index (χ1) is 9.06. The molecule has 3 heteroatoms. The number of esters is 1. The Kier molecular flexibility index (Phi) is 4.67. The molecule has 1 aliphatic carbocycles. The SMILES string of the molecule is CCc1ccc(C(C)CC2CC2C(=O)OC)cc1Br. The summed E-state index contributed by atoms with van der Waals surface area (Å²) in [5, 5.41) is 0. The fourth-order valence-electron chi connectivity index (χ4n) is 2.70. The third-order valence-corrected chi connectivity index (χ3v) is 4.85. The van der Waals surface area contributed by atoms with Gasteiger partial charge in [-0.15, -0.1) is 0 Å². The molecule has 2 rings (SSSR count). The molecule has 1 aliphatic rings. The van der Waals surface area contributed by atoms with Gasteiger partial charge < -0.3 is 4.74 Å². The standard InChI is InChI=1S/C16H21BrO2/c1-4-11-5-6-12(9-15(11)17)10(2)7-13-8-14(13)16(18)19-3/h5-6,9-10,13-14H,4,7-8H2,1-3H3. The number of carbonyl (C=O) groups is 1. The molecule has 3 unspecified atom stereocenters. The lowest BCUT2D eigenvalue weighted by Crippen LogP contribution is -2.05. The van der Waals surface area contributed by atoms with Crippen molar-refractivity contribution in [1.29, 1.82) is 0 Å². The van der Waals surface area contributed by atoms with Gasteiger partial charge in [0, 0.05) is 4.47 Å². The van der Waals surface area contributed by atoms with Crippen molar-refractivity contribution in [1.82, 2.24) is 0 Å². The Balaban J connectivity index is 1.96. The molecule has 0 radical (unpaired) electrons. The highest BCUT2D eigenvalue weighted by molar-refractivity contribution is 9.10. The summed E-state index contributed by atoms with van der Waals surface area (Å²) in [6, 6.07) is 6.63. The fourth-order valence-corrected chi connectivity index (χ4v) is 3.37. The molecule has 0 spiro atoms. The summed E-state index contributed by atoms with van der Waals surface area (Å²) in [5.74, 6) is 1.10. The van der Waals surface area contributed by atoms with E-state index >= 15 is 0 Å². The lowest BCUT2D eigenvalue weighted by molar-refractivity contribution is -0.142. The van der Waals surface area contributed by atoms with Gasteiger partial charge >= 0.3 is 5.97 Å². The topological polar surface area (TPSA) is 26.3 Å². The van der Waals surface area contributed by atoms with Crippen LogP contribution >= 0.6 is 15.9 Å². The maximum Gasteiger partial charge on any atom is 0.308 e. The van der Waals surface area contributed by atoms with Crippen LogP contribution in [0.2, 0.25) is 0 Å². The van der Waals surface area contributed by atoms with Gasteiger partial charge in [0.05, 0.1) is 13.0 Å². The van der Waals surface area contributed by atoms with Crippen LogP contribution in [0.1, 0.15) is 43.7 Å². The fraction of sp³-hybridized carbons (Fsp3) is 0.562. The van der Waals surface area contributed by atoms with E-state index in [9.17, 15) is 4.79 Å². The average molecular weight is 325 g/mol. The monoisotopic (exact) mass is 324 g/mol. The summed E-state index contributed by atoms with van der Waals surface area (Å²) in [4.78, 5) is 11.4. The Hall–Kier alpha value is -0.830. The van der Waals surface area contributed by atoms with Gasteiger partial charge in [-0.25, -0.2) is 0 Å². The predicted octanol–water partition coefficient (Wildman–Crippen LogP) is 4.31. The minimum absolute atomic E-state index is 0.0419. The predicted molar refractivity (Wildman–Crippen MR) is 80.2 cm³/mol. The smallest absolute Gasteiger partial charge is 0.308 e. The summed E-state index contributed by atoms with van der Waals surface area (Å²) in [6.45, 7) is 4.40. The van der Waals surface area contributed by atoms with E-state index < -0.39 is 0 Å². The number of benzene rings is 1.